The van der Waals surface area contributed by atoms with Crippen LogP contribution in [-0.2, 0) is 0 Å². The first kappa shape index (κ1) is 8.55. The van der Waals surface area contributed by atoms with Crippen molar-refractivity contribution in [2.75, 3.05) is 6.54 Å². The first-order valence-electron chi connectivity index (χ1n) is 5.54. The molecule has 0 amide bonds. The number of rotatable bonds is 3. The summed E-state index contributed by atoms with van der Waals surface area (Å²) in [5.41, 5.74) is 0. The molecule has 0 radical (unpaired) electrons. The Bertz CT molecular complexity index is 155. The summed E-state index contributed by atoms with van der Waals surface area (Å²) >= 11 is 0. The largest absolute Gasteiger partial charge is 0.314 e. The van der Waals surface area contributed by atoms with Crippen LogP contribution < -0.4 is 5.32 Å². The van der Waals surface area contributed by atoms with Crippen LogP contribution in [0.4, 0.5) is 0 Å². The lowest BCUT2D eigenvalue weighted by molar-refractivity contribution is 0.263. The van der Waals surface area contributed by atoms with Gasteiger partial charge in [-0.3, -0.25) is 0 Å². The van der Waals surface area contributed by atoms with Crippen molar-refractivity contribution in [2.45, 2.75) is 45.6 Å². The standard InChI is InChI=1S/C11H21N/c1-3-12-8(2)11-7-9-4-5-10(11)6-9/h8-12H,3-7H2,1-2H3/t8-,9+,10-,11+/m0/s1. The van der Waals surface area contributed by atoms with Gasteiger partial charge in [0.2, 0.25) is 0 Å². The molecule has 2 rings (SSSR count). The number of hydrogen-bond donors (Lipinski definition) is 1. The second kappa shape index (κ2) is 3.37. The molecule has 0 aromatic carbocycles. The second-order valence-corrected chi connectivity index (χ2v) is 4.69. The van der Waals surface area contributed by atoms with Crippen LogP contribution in [0.2, 0.25) is 0 Å². The normalized spacial score (nSPS) is 42.0. The highest BCUT2D eigenvalue weighted by atomic mass is 14.9. The third-order valence-corrected chi connectivity index (χ3v) is 3.96. The van der Waals surface area contributed by atoms with E-state index in [1.807, 2.05) is 0 Å². The van der Waals surface area contributed by atoms with Crippen molar-refractivity contribution in [3.05, 3.63) is 0 Å². The average Bonchev–Trinajstić information content (AvgIpc) is 2.64. The highest BCUT2D eigenvalue weighted by molar-refractivity contribution is 4.93. The number of hydrogen-bond acceptors (Lipinski definition) is 1. The van der Waals surface area contributed by atoms with Gasteiger partial charge in [-0.05, 0) is 50.5 Å². The van der Waals surface area contributed by atoms with Gasteiger partial charge in [-0.15, -0.1) is 0 Å². The van der Waals surface area contributed by atoms with E-state index in [4.69, 9.17) is 0 Å². The van der Waals surface area contributed by atoms with E-state index in [-0.39, 0.29) is 0 Å². The summed E-state index contributed by atoms with van der Waals surface area (Å²) < 4.78 is 0. The summed E-state index contributed by atoms with van der Waals surface area (Å²) in [5, 5.41) is 3.57. The molecule has 1 nitrogen and oxygen atoms in total. The molecule has 0 spiro atoms. The molecule has 0 aliphatic heterocycles. The van der Waals surface area contributed by atoms with Gasteiger partial charge < -0.3 is 5.32 Å². The Morgan fingerprint density at radius 3 is 2.67 bits per heavy atom. The van der Waals surface area contributed by atoms with Gasteiger partial charge >= 0.3 is 0 Å². The van der Waals surface area contributed by atoms with E-state index in [0.717, 1.165) is 30.3 Å². The first-order chi connectivity index (χ1) is 5.81. The van der Waals surface area contributed by atoms with Crippen LogP contribution in [0.25, 0.3) is 0 Å². The van der Waals surface area contributed by atoms with Crippen LogP contribution in [0.3, 0.4) is 0 Å². The molecule has 2 aliphatic rings. The van der Waals surface area contributed by atoms with Crippen LogP contribution in [0.1, 0.15) is 39.5 Å². The van der Waals surface area contributed by atoms with Crippen molar-refractivity contribution in [1.82, 2.24) is 5.32 Å². The lowest BCUT2D eigenvalue weighted by Crippen LogP contribution is -2.35. The maximum absolute atomic E-state index is 3.57. The fraction of sp³-hybridized carbons (Fsp3) is 1.00. The topological polar surface area (TPSA) is 12.0 Å². The van der Waals surface area contributed by atoms with Gasteiger partial charge in [0.1, 0.15) is 0 Å². The maximum atomic E-state index is 3.57. The minimum absolute atomic E-state index is 0.769. The fourth-order valence-electron chi connectivity index (χ4n) is 3.38. The van der Waals surface area contributed by atoms with E-state index in [1.54, 1.807) is 6.42 Å². The van der Waals surface area contributed by atoms with E-state index in [9.17, 15) is 0 Å². The van der Waals surface area contributed by atoms with Crippen molar-refractivity contribution >= 4 is 0 Å². The molecular formula is C11H21N. The summed E-state index contributed by atoms with van der Waals surface area (Å²) in [6.07, 6.45) is 6.10. The third kappa shape index (κ3) is 1.39. The lowest BCUT2D eigenvalue weighted by atomic mass is 9.84. The molecule has 0 aromatic heterocycles. The third-order valence-electron chi connectivity index (χ3n) is 3.96. The number of nitrogens with one attached hydrogen (secondary N) is 1. The quantitative estimate of drug-likeness (QED) is 0.680. The Hall–Kier alpha value is -0.0400. The summed E-state index contributed by atoms with van der Waals surface area (Å²) in [6, 6.07) is 0.769. The van der Waals surface area contributed by atoms with Gasteiger partial charge in [0.05, 0.1) is 0 Å². The maximum Gasteiger partial charge on any atom is 0.00696 e. The molecule has 0 unspecified atom stereocenters. The van der Waals surface area contributed by atoms with Gasteiger partial charge in [0.15, 0.2) is 0 Å². The molecule has 2 aliphatic carbocycles. The van der Waals surface area contributed by atoms with E-state index in [2.05, 4.69) is 19.2 Å². The highest BCUT2D eigenvalue weighted by Gasteiger charge is 2.41. The minimum atomic E-state index is 0.769. The molecule has 4 atom stereocenters. The summed E-state index contributed by atoms with van der Waals surface area (Å²) in [6.45, 7) is 5.72. The first-order valence-corrected chi connectivity index (χ1v) is 5.54. The van der Waals surface area contributed by atoms with Crippen LogP contribution in [0, 0.1) is 17.8 Å². The SMILES string of the molecule is CCN[C@@H](C)[C@H]1C[C@@H]2CC[C@H]1C2. The van der Waals surface area contributed by atoms with Crippen LogP contribution >= 0.6 is 0 Å². The van der Waals surface area contributed by atoms with E-state index in [1.165, 1.54) is 19.3 Å². The van der Waals surface area contributed by atoms with Gasteiger partial charge in [0, 0.05) is 6.04 Å². The van der Waals surface area contributed by atoms with E-state index in [0.29, 0.717) is 0 Å². The van der Waals surface area contributed by atoms with Crippen molar-refractivity contribution in [3.8, 4) is 0 Å². The van der Waals surface area contributed by atoms with Crippen molar-refractivity contribution in [1.29, 1.82) is 0 Å². The Morgan fingerprint density at radius 1 is 1.33 bits per heavy atom. The second-order valence-electron chi connectivity index (χ2n) is 4.69. The Morgan fingerprint density at radius 2 is 2.17 bits per heavy atom. The Kier molecular flexibility index (Phi) is 2.40. The predicted octanol–water partition coefficient (Wildman–Crippen LogP) is 2.42. The molecular weight excluding hydrogens is 146 g/mol. The average molecular weight is 167 g/mol. The van der Waals surface area contributed by atoms with Gasteiger partial charge in [-0.1, -0.05) is 13.3 Å². The van der Waals surface area contributed by atoms with E-state index >= 15 is 0 Å². The molecule has 0 heterocycles. The molecule has 70 valence electrons. The zero-order valence-corrected chi connectivity index (χ0v) is 8.34. The van der Waals surface area contributed by atoms with Crippen LogP contribution in [0.15, 0.2) is 0 Å². The number of fused-ring (bicyclic) bond motifs is 2. The molecule has 1 N–H and O–H groups in total. The summed E-state index contributed by atoms with van der Waals surface area (Å²) in [7, 11) is 0. The Labute approximate surface area is 75.9 Å². The van der Waals surface area contributed by atoms with Crippen LogP contribution in [0.5, 0.6) is 0 Å². The van der Waals surface area contributed by atoms with Crippen LogP contribution in [-0.4, -0.2) is 12.6 Å². The van der Waals surface area contributed by atoms with E-state index < -0.39 is 0 Å². The van der Waals surface area contributed by atoms with Crippen molar-refractivity contribution in [3.63, 3.8) is 0 Å². The van der Waals surface area contributed by atoms with Gasteiger partial charge in [-0.2, -0.15) is 0 Å². The minimum Gasteiger partial charge on any atom is -0.314 e. The molecule has 2 saturated carbocycles. The molecule has 1 heteroatoms. The smallest absolute Gasteiger partial charge is 0.00696 e. The molecule has 0 saturated heterocycles. The fourth-order valence-corrected chi connectivity index (χ4v) is 3.38. The molecule has 0 aromatic rings. The lowest BCUT2D eigenvalue weighted by Gasteiger charge is -2.28. The molecule has 2 fully saturated rings. The van der Waals surface area contributed by atoms with Crippen molar-refractivity contribution in [2.24, 2.45) is 17.8 Å². The monoisotopic (exact) mass is 167 g/mol. The summed E-state index contributed by atoms with van der Waals surface area (Å²) in [5.74, 6) is 3.17. The summed E-state index contributed by atoms with van der Waals surface area (Å²) in [4.78, 5) is 0. The zero-order chi connectivity index (χ0) is 8.55. The highest BCUT2D eigenvalue weighted by Crippen LogP contribution is 2.49. The molecule has 2 bridgehead atoms. The zero-order valence-electron chi connectivity index (χ0n) is 8.34. The van der Waals surface area contributed by atoms with Crippen molar-refractivity contribution < 1.29 is 0 Å². The predicted molar refractivity (Wildman–Crippen MR) is 52.1 cm³/mol. The van der Waals surface area contributed by atoms with Gasteiger partial charge in [0.25, 0.3) is 0 Å². The Balaban J connectivity index is 1.89. The molecule has 12 heavy (non-hydrogen) atoms. The van der Waals surface area contributed by atoms with Gasteiger partial charge in [-0.25, -0.2) is 0 Å².